The average molecular weight is 425 g/mol. The maximum Gasteiger partial charge on any atom is 0.290 e. The number of carbonyl (C=O) groups is 3. The quantitative estimate of drug-likeness (QED) is 0.682. The Morgan fingerprint density at radius 2 is 2.00 bits per heavy atom. The standard InChI is InChI=1S/C20H19N5O4S/c26-12-15-10-24(11-17(27)25(15)9-13-4-2-1-3-5-13)19-21-7-6-14(22-19)8-16-18(28)23-20(29)30-16/h1-8,15,26H,9-12H2,(H,23,28,29)/b16-8+. The number of hydrogen-bond donors (Lipinski definition) is 2. The zero-order valence-electron chi connectivity index (χ0n) is 15.9. The highest BCUT2D eigenvalue weighted by molar-refractivity contribution is 8.18. The summed E-state index contributed by atoms with van der Waals surface area (Å²) in [6.45, 7) is 0.698. The molecule has 0 radical (unpaired) electrons. The molecule has 4 rings (SSSR count). The Morgan fingerprint density at radius 1 is 1.20 bits per heavy atom. The molecule has 0 saturated carbocycles. The van der Waals surface area contributed by atoms with Crippen LogP contribution in [0.3, 0.4) is 0 Å². The molecule has 1 atom stereocenters. The molecule has 1 unspecified atom stereocenters. The van der Waals surface area contributed by atoms with Gasteiger partial charge in [0.2, 0.25) is 11.9 Å². The fourth-order valence-electron chi connectivity index (χ4n) is 3.33. The molecule has 1 aromatic heterocycles. The summed E-state index contributed by atoms with van der Waals surface area (Å²) in [6.07, 6.45) is 3.04. The first-order chi connectivity index (χ1) is 14.5. The lowest BCUT2D eigenvalue weighted by molar-refractivity contribution is -0.135. The second-order valence-electron chi connectivity index (χ2n) is 6.86. The van der Waals surface area contributed by atoms with Crippen molar-refractivity contribution in [3.63, 3.8) is 0 Å². The molecule has 154 valence electrons. The molecule has 10 heteroatoms. The van der Waals surface area contributed by atoms with Gasteiger partial charge in [-0.2, -0.15) is 0 Å². The van der Waals surface area contributed by atoms with E-state index in [9.17, 15) is 19.5 Å². The van der Waals surface area contributed by atoms with Crippen LogP contribution in [0.5, 0.6) is 0 Å². The molecular formula is C20H19N5O4S. The third-order valence-corrected chi connectivity index (χ3v) is 5.60. The van der Waals surface area contributed by atoms with Crippen LogP contribution in [0.4, 0.5) is 10.7 Å². The van der Waals surface area contributed by atoms with Gasteiger partial charge < -0.3 is 14.9 Å². The van der Waals surface area contributed by atoms with Gasteiger partial charge in [-0.1, -0.05) is 30.3 Å². The van der Waals surface area contributed by atoms with E-state index in [2.05, 4.69) is 15.3 Å². The Kier molecular flexibility index (Phi) is 5.77. The van der Waals surface area contributed by atoms with Crippen LogP contribution in [-0.2, 0) is 16.1 Å². The van der Waals surface area contributed by atoms with Gasteiger partial charge in [0.05, 0.1) is 23.2 Å². The van der Waals surface area contributed by atoms with Gasteiger partial charge >= 0.3 is 0 Å². The summed E-state index contributed by atoms with van der Waals surface area (Å²) in [5, 5.41) is 11.6. The van der Waals surface area contributed by atoms with Crippen LogP contribution in [0.2, 0.25) is 0 Å². The topological polar surface area (TPSA) is 116 Å². The maximum absolute atomic E-state index is 12.8. The molecule has 2 fully saturated rings. The van der Waals surface area contributed by atoms with Crippen molar-refractivity contribution in [2.45, 2.75) is 12.6 Å². The fraction of sp³-hybridized carbons (Fsp3) is 0.250. The van der Waals surface area contributed by atoms with Crippen molar-refractivity contribution in [2.24, 2.45) is 0 Å². The van der Waals surface area contributed by atoms with Gasteiger partial charge in [-0.3, -0.25) is 19.7 Å². The fourth-order valence-corrected chi connectivity index (χ4v) is 4.00. The molecule has 0 aliphatic carbocycles. The van der Waals surface area contributed by atoms with Crippen LogP contribution in [0.1, 0.15) is 11.3 Å². The number of rotatable bonds is 5. The SMILES string of the molecule is O=C1NC(=O)/C(=C\c2ccnc(N3CC(=O)N(Cc4ccccc4)C(CO)C3)n2)S1. The van der Waals surface area contributed by atoms with E-state index < -0.39 is 17.2 Å². The summed E-state index contributed by atoms with van der Waals surface area (Å²) in [4.78, 5) is 48.1. The number of imide groups is 1. The maximum atomic E-state index is 12.8. The predicted molar refractivity (Wildman–Crippen MR) is 111 cm³/mol. The first-order valence-electron chi connectivity index (χ1n) is 9.30. The van der Waals surface area contributed by atoms with Crippen LogP contribution in [-0.4, -0.2) is 62.8 Å². The Morgan fingerprint density at radius 3 is 2.70 bits per heavy atom. The highest BCUT2D eigenvalue weighted by Gasteiger charge is 2.33. The van der Waals surface area contributed by atoms with Gasteiger partial charge in [-0.25, -0.2) is 9.97 Å². The first kappa shape index (κ1) is 20.0. The van der Waals surface area contributed by atoms with Gasteiger partial charge in [0, 0.05) is 19.3 Å². The number of nitrogens with one attached hydrogen (secondary N) is 1. The van der Waals surface area contributed by atoms with E-state index in [1.54, 1.807) is 15.9 Å². The molecule has 0 spiro atoms. The van der Waals surface area contributed by atoms with Crippen LogP contribution in [0, 0.1) is 0 Å². The third-order valence-electron chi connectivity index (χ3n) is 4.79. The summed E-state index contributed by atoms with van der Waals surface area (Å²) in [7, 11) is 0. The van der Waals surface area contributed by atoms with E-state index >= 15 is 0 Å². The zero-order chi connectivity index (χ0) is 21.1. The molecule has 2 aliphatic rings. The molecule has 3 amide bonds. The second-order valence-corrected chi connectivity index (χ2v) is 7.87. The van der Waals surface area contributed by atoms with Crippen molar-refractivity contribution in [3.8, 4) is 0 Å². The number of aromatic nitrogens is 2. The Balaban J connectivity index is 1.51. The van der Waals surface area contributed by atoms with Crippen molar-refractivity contribution in [3.05, 3.63) is 58.8 Å². The van der Waals surface area contributed by atoms with Gasteiger partial charge in [-0.05, 0) is 29.5 Å². The number of aliphatic hydroxyl groups excluding tert-OH is 1. The lowest BCUT2D eigenvalue weighted by Crippen LogP contribution is -2.57. The van der Waals surface area contributed by atoms with Crippen molar-refractivity contribution in [1.82, 2.24) is 20.2 Å². The van der Waals surface area contributed by atoms with E-state index in [1.807, 2.05) is 30.3 Å². The van der Waals surface area contributed by atoms with Crippen molar-refractivity contribution < 1.29 is 19.5 Å². The lowest BCUT2D eigenvalue weighted by Gasteiger charge is -2.40. The minimum absolute atomic E-state index is 0.0804. The molecule has 1 aromatic carbocycles. The smallest absolute Gasteiger partial charge is 0.290 e. The number of hydrogen-bond acceptors (Lipinski definition) is 8. The molecule has 30 heavy (non-hydrogen) atoms. The lowest BCUT2D eigenvalue weighted by atomic mass is 10.1. The first-order valence-corrected chi connectivity index (χ1v) is 10.1. The number of carbonyl (C=O) groups excluding carboxylic acids is 3. The molecule has 3 heterocycles. The Labute approximate surface area is 176 Å². The molecule has 2 saturated heterocycles. The van der Waals surface area contributed by atoms with Crippen LogP contribution < -0.4 is 10.2 Å². The van der Waals surface area contributed by atoms with Gasteiger partial charge in [0.15, 0.2) is 0 Å². The highest BCUT2D eigenvalue weighted by Crippen LogP contribution is 2.25. The van der Waals surface area contributed by atoms with E-state index in [1.165, 1.54) is 12.3 Å². The third kappa shape index (κ3) is 4.34. The molecular weight excluding hydrogens is 406 g/mol. The van der Waals surface area contributed by atoms with Crippen molar-refractivity contribution in [2.75, 3.05) is 24.6 Å². The number of thioether (sulfide) groups is 1. The van der Waals surface area contributed by atoms with Gasteiger partial charge in [0.1, 0.15) is 6.54 Å². The van der Waals surface area contributed by atoms with Gasteiger partial charge in [-0.15, -0.1) is 0 Å². The van der Waals surface area contributed by atoms with E-state index in [4.69, 9.17) is 0 Å². The van der Waals surface area contributed by atoms with Crippen molar-refractivity contribution >= 4 is 40.8 Å². The number of aliphatic hydroxyl groups is 1. The van der Waals surface area contributed by atoms with Gasteiger partial charge in [0.25, 0.3) is 11.1 Å². The van der Waals surface area contributed by atoms with E-state index in [0.29, 0.717) is 24.7 Å². The Hall–Kier alpha value is -3.24. The summed E-state index contributed by atoms with van der Waals surface area (Å²) < 4.78 is 0. The minimum Gasteiger partial charge on any atom is -0.394 e. The molecule has 2 N–H and O–H groups in total. The normalized spacial score (nSPS) is 20.8. The zero-order valence-corrected chi connectivity index (χ0v) is 16.7. The summed E-state index contributed by atoms with van der Waals surface area (Å²) in [5.41, 5.74) is 1.44. The number of anilines is 1. The minimum atomic E-state index is -0.463. The second kappa shape index (κ2) is 8.64. The van der Waals surface area contributed by atoms with E-state index in [-0.39, 0.29) is 24.0 Å². The molecule has 2 aromatic rings. The van der Waals surface area contributed by atoms with Crippen LogP contribution in [0.25, 0.3) is 6.08 Å². The number of amides is 3. The van der Waals surface area contributed by atoms with E-state index in [0.717, 1.165) is 17.3 Å². The summed E-state index contributed by atoms with van der Waals surface area (Å²) in [6, 6.07) is 10.8. The summed E-state index contributed by atoms with van der Waals surface area (Å²) >= 11 is 0.809. The largest absolute Gasteiger partial charge is 0.394 e. The number of benzene rings is 1. The van der Waals surface area contributed by atoms with Crippen LogP contribution in [0.15, 0.2) is 47.5 Å². The molecule has 2 aliphatic heterocycles. The number of nitrogens with zero attached hydrogens (tertiary/aromatic N) is 4. The van der Waals surface area contributed by atoms with Crippen LogP contribution >= 0.6 is 11.8 Å². The van der Waals surface area contributed by atoms with Crippen molar-refractivity contribution in [1.29, 1.82) is 0 Å². The monoisotopic (exact) mass is 425 g/mol. The highest BCUT2D eigenvalue weighted by atomic mass is 32.2. The predicted octanol–water partition coefficient (Wildman–Crippen LogP) is 1.01. The number of piperazine rings is 1. The average Bonchev–Trinajstić information content (AvgIpc) is 3.06. The summed E-state index contributed by atoms with van der Waals surface area (Å²) in [5.74, 6) is -0.270. The molecule has 9 nitrogen and oxygen atoms in total. The molecule has 0 bridgehead atoms. The Bertz CT molecular complexity index is 1010.